The number of aromatic nitrogens is 4. The number of nitrogens with zero attached hydrogens (tertiary/aromatic N) is 5. The molecule has 0 spiro atoms. The van der Waals surface area contributed by atoms with Crippen molar-refractivity contribution in [1.29, 1.82) is 0 Å². The number of hydrogen-bond acceptors (Lipinski definition) is 7. The summed E-state index contributed by atoms with van der Waals surface area (Å²) in [5.74, 6) is 0.802. The highest BCUT2D eigenvalue weighted by molar-refractivity contribution is 5.57. The molecular weight excluding hydrogens is 450 g/mol. The van der Waals surface area contributed by atoms with Gasteiger partial charge >= 0.3 is 0 Å². The Morgan fingerprint density at radius 1 is 0.861 bits per heavy atom. The number of piperidine rings is 1. The maximum atomic E-state index is 6.05. The topological polar surface area (TPSA) is 84.0 Å². The third kappa shape index (κ3) is 5.14. The average molecular weight is 484 g/mol. The van der Waals surface area contributed by atoms with Crippen LogP contribution >= 0.6 is 0 Å². The Bertz CT molecular complexity index is 1220. The molecule has 36 heavy (non-hydrogen) atoms. The van der Waals surface area contributed by atoms with Gasteiger partial charge < -0.3 is 20.0 Å². The van der Waals surface area contributed by atoms with Gasteiger partial charge in [0.1, 0.15) is 12.7 Å². The summed E-state index contributed by atoms with van der Waals surface area (Å²) in [7, 11) is 0. The maximum Gasteiger partial charge on any atom is 0.295 e. The highest BCUT2D eigenvalue weighted by atomic mass is 16.4. The SMILES string of the molecule is c1ccc(-c2cnc(N[C@@H]3CCCC[C@H]3N[C@H]3CCCN(c4ccc(-n5cncn5)cc4)C3)o2)cc1. The van der Waals surface area contributed by atoms with Gasteiger partial charge in [-0.25, -0.2) is 14.6 Å². The second kappa shape index (κ2) is 10.5. The molecule has 4 aromatic rings. The van der Waals surface area contributed by atoms with Gasteiger partial charge in [0.15, 0.2) is 5.76 Å². The number of rotatable bonds is 7. The number of nitrogens with one attached hydrogen (secondary N) is 2. The molecule has 0 amide bonds. The van der Waals surface area contributed by atoms with E-state index in [2.05, 4.69) is 54.9 Å². The van der Waals surface area contributed by atoms with Crippen molar-refractivity contribution in [2.75, 3.05) is 23.3 Å². The lowest BCUT2D eigenvalue weighted by molar-refractivity contribution is 0.290. The molecule has 3 heterocycles. The largest absolute Gasteiger partial charge is 0.424 e. The van der Waals surface area contributed by atoms with E-state index in [9.17, 15) is 0 Å². The number of benzene rings is 2. The zero-order chi connectivity index (χ0) is 24.2. The normalized spacial score (nSPS) is 22.4. The highest BCUT2D eigenvalue weighted by Crippen LogP contribution is 2.27. The smallest absolute Gasteiger partial charge is 0.295 e. The second-order valence-electron chi connectivity index (χ2n) is 9.85. The quantitative estimate of drug-likeness (QED) is 0.387. The van der Waals surface area contributed by atoms with Crippen molar-refractivity contribution in [3.05, 3.63) is 73.4 Å². The molecule has 3 atom stereocenters. The molecule has 8 heteroatoms. The van der Waals surface area contributed by atoms with Gasteiger partial charge in [0.2, 0.25) is 0 Å². The standard InChI is InChI=1S/C28H33N7O/c1-2-7-21(8-3-1)27-17-30-28(36-27)33-26-11-5-4-10-25(26)32-22-9-6-16-34(18-22)23-12-14-24(15-13-23)35-20-29-19-31-35/h1-3,7-8,12-15,17,19-20,22,25-26,32H,4-6,9-11,16,18H2,(H,30,33)/t22-,25+,26+/m0/s1. The van der Waals surface area contributed by atoms with Crippen LogP contribution in [-0.2, 0) is 0 Å². The van der Waals surface area contributed by atoms with Gasteiger partial charge in [0.25, 0.3) is 6.01 Å². The van der Waals surface area contributed by atoms with Crippen molar-refractivity contribution in [3.63, 3.8) is 0 Å². The van der Waals surface area contributed by atoms with E-state index >= 15 is 0 Å². The third-order valence-corrected chi connectivity index (χ3v) is 7.41. The first-order chi connectivity index (χ1) is 17.8. The van der Waals surface area contributed by atoms with Crippen LogP contribution in [0.3, 0.4) is 0 Å². The van der Waals surface area contributed by atoms with Gasteiger partial charge in [-0.05, 0) is 49.9 Å². The molecule has 0 radical (unpaired) electrons. The van der Waals surface area contributed by atoms with Crippen LogP contribution in [0.4, 0.5) is 11.7 Å². The molecule has 0 unspecified atom stereocenters. The molecule has 0 bridgehead atoms. The number of oxazole rings is 1. The lowest BCUT2D eigenvalue weighted by atomic mass is 9.89. The van der Waals surface area contributed by atoms with Gasteiger partial charge in [-0.3, -0.25) is 0 Å². The number of anilines is 2. The van der Waals surface area contributed by atoms with Crippen LogP contribution in [0.5, 0.6) is 0 Å². The Hall–Kier alpha value is -3.65. The van der Waals surface area contributed by atoms with E-state index in [0.717, 1.165) is 36.5 Å². The summed E-state index contributed by atoms with van der Waals surface area (Å²) in [4.78, 5) is 11.1. The van der Waals surface area contributed by atoms with E-state index in [1.807, 2.05) is 36.5 Å². The van der Waals surface area contributed by atoms with Crippen LogP contribution in [0.15, 0.2) is 77.9 Å². The first-order valence-corrected chi connectivity index (χ1v) is 13.1. The van der Waals surface area contributed by atoms with Crippen molar-refractivity contribution < 1.29 is 4.42 Å². The lowest BCUT2D eigenvalue weighted by Crippen LogP contribution is -2.54. The van der Waals surface area contributed by atoms with Crippen LogP contribution in [0.25, 0.3) is 17.0 Å². The first-order valence-electron chi connectivity index (χ1n) is 13.1. The van der Waals surface area contributed by atoms with E-state index in [1.54, 1.807) is 17.3 Å². The van der Waals surface area contributed by atoms with Gasteiger partial charge in [-0.15, -0.1) is 0 Å². The Morgan fingerprint density at radius 2 is 1.67 bits per heavy atom. The van der Waals surface area contributed by atoms with Crippen molar-refractivity contribution in [2.45, 2.75) is 56.7 Å². The van der Waals surface area contributed by atoms with E-state index in [4.69, 9.17) is 4.42 Å². The van der Waals surface area contributed by atoms with Crippen LogP contribution in [-0.4, -0.2) is 51.0 Å². The van der Waals surface area contributed by atoms with Crippen LogP contribution in [0.2, 0.25) is 0 Å². The molecular formula is C28H33N7O. The average Bonchev–Trinajstić information content (AvgIpc) is 3.64. The minimum atomic E-state index is 0.318. The molecule has 1 aliphatic heterocycles. The van der Waals surface area contributed by atoms with Crippen LogP contribution < -0.4 is 15.5 Å². The molecule has 2 aromatic carbocycles. The van der Waals surface area contributed by atoms with Crippen molar-refractivity contribution in [2.24, 2.45) is 0 Å². The van der Waals surface area contributed by atoms with Crippen LogP contribution in [0, 0.1) is 0 Å². The van der Waals surface area contributed by atoms with Gasteiger partial charge in [-0.2, -0.15) is 5.10 Å². The Kier molecular flexibility index (Phi) is 6.67. The fraction of sp³-hybridized carbons (Fsp3) is 0.393. The predicted octanol–water partition coefficient (Wildman–Crippen LogP) is 4.90. The van der Waals surface area contributed by atoms with Gasteiger partial charge in [0, 0.05) is 42.5 Å². The van der Waals surface area contributed by atoms with Crippen molar-refractivity contribution in [1.82, 2.24) is 25.1 Å². The van der Waals surface area contributed by atoms with E-state index < -0.39 is 0 Å². The second-order valence-corrected chi connectivity index (χ2v) is 9.85. The zero-order valence-corrected chi connectivity index (χ0v) is 20.5. The zero-order valence-electron chi connectivity index (χ0n) is 20.5. The molecule has 6 rings (SSSR count). The maximum absolute atomic E-state index is 6.05. The summed E-state index contributed by atoms with van der Waals surface area (Å²) >= 11 is 0. The summed E-state index contributed by atoms with van der Waals surface area (Å²) in [6.07, 6.45) is 12.3. The Balaban J connectivity index is 1.08. The van der Waals surface area contributed by atoms with Gasteiger partial charge in [0.05, 0.1) is 11.9 Å². The van der Waals surface area contributed by atoms with E-state index in [-0.39, 0.29) is 0 Å². The van der Waals surface area contributed by atoms with E-state index in [0.29, 0.717) is 24.1 Å². The van der Waals surface area contributed by atoms with Crippen molar-refractivity contribution >= 4 is 11.7 Å². The lowest BCUT2D eigenvalue weighted by Gasteiger charge is -2.40. The summed E-state index contributed by atoms with van der Waals surface area (Å²) in [6, 6.07) is 20.6. The molecule has 2 N–H and O–H groups in total. The van der Waals surface area contributed by atoms with Gasteiger partial charge in [-0.1, -0.05) is 43.2 Å². The molecule has 186 valence electrons. The third-order valence-electron chi connectivity index (χ3n) is 7.41. The fourth-order valence-electron chi connectivity index (χ4n) is 5.55. The Labute approximate surface area is 211 Å². The first kappa shape index (κ1) is 22.8. The Morgan fingerprint density at radius 3 is 2.47 bits per heavy atom. The molecule has 2 aliphatic rings. The minimum Gasteiger partial charge on any atom is -0.424 e. The minimum absolute atomic E-state index is 0.318. The summed E-state index contributed by atoms with van der Waals surface area (Å²) < 4.78 is 7.84. The molecule has 2 aromatic heterocycles. The van der Waals surface area contributed by atoms with Crippen molar-refractivity contribution in [3.8, 4) is 17.0 Å². The summed E-state index contributed by atoms with van der Waals surface area (Å²) in [5, 5.41) is 11.8. The molecule has 1 saturated heterocycles. The molecule has 1 aliphatic carbocycles. The highest BCUT2D eigenvalue weighted by Gasteiger charge is 2.30. The van der Waals surface area contributed by atoms with Crippen LogP contribution in [0.1, 0.15) is 38.5 Å². The molecule has 2 fully saturated rings. The van der Waals surface area contributed by atoms with E-state index in [1.165, 1.54) is 37.8 Å². The predicted molar refractivity (Wildman–Crippen MR) is 141 cm³/mol. The molecule has 8 nitrogen and oxygen atoms in total. The number of hydrogen-bond donors (Lipinski definition) is 2. The monoisotopic (exact) mass is 483 g/mol. The summed E-state index contributed by atoms with van der Waals surface area (Å²) in [6.45, 7) is 2.11. The fourth-order valence-corrected chi connectivity index (χ4v) is 5.55. The summed E-state index contributed by atoms with van der Waals surface area (Å²) in [5.41, 5.74) is 3.34. The molecule has 1 saturated carbocycles.